The van der Waals surface area contributed by atoms with E-state index in [1.807, 2.05) is 12.1 Å². The first-order valence-electron chi connectivity index (χ1n) is 11.9. The van der Waals surface area contributed by atoms with Crippen LogP contribution in [0.5, 0.6) is 0 Å². The highest BCUT2D eigenvalue weighted by atomic mass is 28.3. The number of benzene rings is 2. The van der Waals surface area contributed by atoms with Crippen molar-refractivity contribution in [2.45, 2.75) is 89.3 Å². The van der Waals surface area contributed by atoms with E-state index in [1.54, 1.807) is 24.3 Å². The lowest BCUT2D eigenvalue weighted by Gasteiger charge is -2.49. The summed E-state index contributed by atoms with van der Waals surface area (Å²) in [6.07, 6.45) is 0. The average Bonchev–Trinajstić information content (AvgIpc) is 2.72. The van der Waals surface area contributed by atoms with Crippen LogP contribution in [0.4, 0.5) is 11.4 Å². The minimum absolute atomic E-state index is 0.0361. The minimum Gasteiger partial charge on any atom is -0.373 e. The van der Waals surface area contributed by atoms with Gasteiger partial charge in [0.2, 0.25) is 0 Å². The highest BCUT2D eigenvalue weighted by molar-refractivity contribution is 6.82. The molecule has 192 valence electrons. The van der Waals surface area contributed by atoms with Crippen molar-refractivity contribution in [3.05, 3.63) is 79.9 Å². The Morgan fingerprint density at radius 2 is 1.00 bits per heavy atom. The van der Waals surface area contributed by atoms with Gasteiger partial charge in [0.25, 0.3) is 11.4 Å². The summed E-state index contributed by atoms with van der Waals surface area (Å²) < 4.78 is 7.15. The van der Waals surface area contributed by atoms with E-state index in [2.05, 4.69) is 67.7 Å². The summed E-state index contributed by atoms with van der Waals surface area (Å²) in [4.78, 5) is 22.4. The first kappa shape index (κ1) is 28.9. The summed E-state index contributed by atoms with van der Waals surface area (Å²) in [5, 5.41) is 23.0. The third-order valence-electron chi connectivity index (χ3n) is 8.22. The summed E-state index contributed by atoms with van der Waals surface area (Å²) in [5.41, 5.74) is 0.963. The van der Waals surface area contributed by atoms with Crippen LogP contribution in [0.25, 0.3) is 0 Å². The first-order valence-corrected chi connectivity index (χ1v) is 18.1. The SMILES string of the molecule is CC(C)(C)[Si](C)(C)C(OC(c1cccc([N+](=O)[O-])c1)[Si](C)(C)C(C)(C)C)c1cccc([N+](=O)[O-])c1. The van der Waals surface area contributed by atoms with Gasteiger partial charge in [0.05, 0.1) is 37.4 Å². The van der Waals surface area contributed by atoms with E-state index in [9.17, 15) is 20.2 Å². The van der Waals surface area contributed by atoms with Gasteiger partial charge in [0.1, 0.15) is 0 Å². The number of rotatable bonds is 8. The van der Waals surface area contributed by atoms with Crippen LogP contribution < -0.4 is 0 Å². The molecule has 0 saturated heterocycles. The fourth-order valence-electron chi connectivity index (χ4n) is 3.86. The zero-order valence-corrected chi connectivity index (χ0v) is 24.7. The van der Waals surface area contributed by atoms with E-state index in [4.69, 9.17) is 4.74 Å². The molecule has 0 aliphatic rings. The van der Waals surface area contributed by atoms with Crippen molar-refractivity contribution in [1.29, 1.82) is 0 Å². The largest absolute Gasteiger partial charge is 0.373 e. The Balaban J connectivity index is 2.79. The lowest BCUT2D eigenvalue weighted by molar-refractivity contribution is -0.385. The molecule has 0 radical (unpaired) electrons. The third-order valence-corrected chi connectivity index (χ3v) is 19.5. The van der Waals surface area contributed by atoms with E-state index < -0.39 is 16.1 Å². The van der Waals surface area contributed by atoms with Crippen molar-refractivity contribution in [1.82, 2.24) is 0 Å². The fourth-order valence-corrected chi connectivity index (χ4v) is 8.54. The van der Waals surface area contributed by atoms with Crippen LogP contribution >= 0.6 is 0 Å². The number of ether oxygens (including phenoxy) is 1. The van der Waals surface area contributed by atoms with E-state index >= 15 is 0 Å². The Labute approximate surface area is 211 Å². The quantitative estimate of drug-likeness (QED) is 0.199. The molecule has 2 aromatic carbocycles. The van der Waals surface area contributed by atoms with E-state index in [1.165, 1.54) is 12.1 Å². The zero-order chi connectivity index (χ0) is 27.0. The van der Waals surface area contributed by atoms with Gasteiger partial charge in [-0.2, -0.15) is 0 Å². The highest BCUT2D eigenvalue weighted by Crippen LogP contribution is 2.52. The van der Waals surface area contributed by atoms with Crippen molar-refractivity contribution >= 4 is 27.5 Å². The van der Waals surface area contributed by atoms with Crippen molar-refractivity contribution in [2.75, 3.05) is 0 Å². The number of nitro benzene ring substituents is 2. The Morgan fingerprint density at radius 1 is 0.686 bits per heavy atom. The number of hydrogen-bond donors (Lipinski definition) is 0. The molecule has 2 aromatic rings. The number of nitrogens with zero attached hydrogens (tertiary/aromatic N) is 2. The molecule has 0 aliphatic heterocycles. The third kappa shape index (κ3) is 6.07. The summed E-state index contributed by atoms with van der Waals surface area (Å²) >= 11 is 0. The van der Waals surface area contributed by atoms with Gasteiger partial charge in [-0.3, -0.25) is 20.2 Å². The van der Waals surface area contributed by atoms with Gasteiger partial charge >= 0.3 is 0 Å². The Bertz CT molecular complexity index is 1000. The second kappa shape index (κ2) is 9.95. The molecule has 2 unspecified atom stereocenters. The van der Waals surface area contributed by atoms with Crippen LogP contribution in [-0.4, -0.2) is 26.0 Å². The van der Waals surface area contributed by atoms with Crippen LogP contribution in [0.1, 0.15) is 64.1 Å². The molecule has 2 atom stereocenters. The smallest absolute Gasteiger partial charge is 0.269 e. The second-order valence-corrected chi connectivity index (χ2v) is 23.5. The number of non-ortho nitro benzene ring substituents is 2. The summed E-state index contributed by atoms with van der Waals surface area (Å²) in [6, 6.07) is 13.5. The van der Waals surface area contributed by atoms with Gasteiger partial charge in [-0.15, -0.1) is 0 Å². The predicted molar refractivity (Wildman–Crippen MR) is 147 cm³/mol. The molecular weight excluding hydrogens is 476 g/mol. The normalized spacial score (nSPS) is 14.9. The molecule has 0 aliphatic carbocycles. The van der Waals surface area contributed by atoms with Crippen molar-refractivity contribution < 1.29 is 14.6 Å². The molecule has 0 heterocycles. The highest BCUT2D eigenvalue weighted by Gasteiger charge is 2.50. The molecule has 0 saturated carbocycles. The standard InChI is InChI=1S/C26H40N2O5Si2/c1-25(2,3)34(7,8)23(19-13-11-15-21(17-19)27(29)30)33-24(35(9,10)26(4,5)6)20-14-12-16-22(18-20)28(31)32/h11-18,23-24H,1-10H3. The van der Waals surface area contributed by atoms with Crippen molar-refractivity contribution in [3.63, 3.8) is 0 Å². The topological polar surface area (TPSA) is 95.5 Å². The van der Waals surface area contributed by atoms with Crippen LogP contribution in [0.15, 0.2) is 48.5 Å². The van der Waals surface area contributed by atoms with Crippen molar-refractivity contribution in [3.8, 4) is 0 Å². The van der Waals surface area contributed by atoms with Gasteiger partial charge in [-0.1, -0.05) is 92.0 Å². The van der Waals surface area contributed by atoms with Crippen LogP contribution in [0, 0.1) is 20.2 Å². The average molecular weight is 517 g/mol. The molecule has 0 amide bonds. The molecule has 9 heteroatoms. The molecule has 0 bridgehead atoms. The Morgan fingerprint density at radius 3 is 1.26 bits per heavy atom. The van der Waals surface area contributed by atoms with Gasteiger partial charge in [0, 0.05) is 24.3 Å². The predicted octanol–water partition coefficient (Wildman–Crippen LogP) is 8.40. The Kier molecular flexibility index (Phi) is 8.20. The second-order valence-electron chi connectivity index (χ2n) is 12.5. The minimum atomic E-state index is -2.26. The Hall–Kier alpha value is -2.37. The lowest BCUT2D eigenvalue weighted by atomic mass is 10.2. The summed E-state index contributed by atoms with van der Waals surface area (Å²) in [7, 11) is -4.52. The number of hydrogen-bond acceptors (Lipinski definition) is 5. The molecular formula is C26H40N2O5Si2. The van der Waals surface area contributed by atoms with E-state index in [0.717, 1.165) is 11.1 Å². The maximum absolute atomic E-state index is 11.6. The monoisotopic (exact) mass is 516 g/mol. The van der Waals surface area contributed by atoms with E-state index in [-0.39, 0.29) is 42.8 Å². The molecule has 0 spiro atoms. The van der Waals surface area contributed by atoms with Crippen LogP contribution in [-0.2, 0) is 4.74 Å². The molecule has 2 rings (SSSR count). The van der Waals surface area contributed by atoms with Crippen molar-refractivity contribution in [2.24, 2.45) is 0 Å². The van der Waals surface area contributed by atoms with Gasteiger partial charge in [-0.25, -0.2) is 0 Å². The summed E-state index contributed by atoms with van der Waals surface area (Å²) in [5.74, 6) is 0. The maximum Gasteiger partial charge on any atom is 0.269 e. The van der Waals surface area contributed by atoms with Gasteiger partial charge in [-0.05, 0) is 21.2 Å². The molecule has 0 N–H and O–H groups in total. The lowest BCUT2D eigenvalue weighted by Crippen LogP contribution is -2.50. The molecule has 0 aromatic heterocycles. The van der Waals surface area contributed by atoms with Crippen LogP contribution in [0.2, 0.25) is 36.3 Å². The zero-order valence-electron chi connectivity index (χ0n) is 22.7. The number of nitro groups is 2. The molecule has 7 nitrogen and oxygen atoms in total. The maximum atomic E-state index is 11.6. The van der Waals surface area contributed by atoms with E-state index in [0.29, 0.717) is 0 Å². The first-order chi connectivity index (χ1) is 15.8. The van der Waals surface area contributed by atoms with Gasteiger partial charge < -0.3 is 4.74 Å². The molecule has 35 heavy (non-hydrogen) atoms. The van der Waals surface area contributed by atoms with Gasteiger partial charge in [0.15, 0.2) is 0 Å². The fraction of sp³-hybridized carbons (Fsp3) is 0.538. The molecule has 0 fully saturated rings. The summed E-state index contributed by atoms with van der Waals surface area (Å²) in [6.45, 7) is 22.2. The van der Waals surface area contributed by atoms with Crippen LogP contribution in [0.3, 0.4) is 0 Å².